The third-order valence-corrected chi connectivity index (χ3v) is 5.24. The van der Waals surface area contributed by atoms with Gasteiger partial charge in [0.05, 0.1) is 18.0 Å². The van der Waals surface area contributed by atoms with E-state index in [1.165, 1.54) is 21.2 Å². The van der Waals surface area contributed by atoms with Crippen LogP contribution in [0.5, 0.6) is 0 Å². The van der Waals surface area contributed by atoms with Gasteiger partial charge in [-0.1, -0.05) is 43.6 Å². The number of benzene rings is 2. The van der Waals surface area contributed by atoms with Crippen molar-refractivity contribution in [2.24, 2.45) is 0 Å². The predicted molar refractivity (Wildman–Crippen MR) is 91.3 cm³/mol. The Morgan fingerprint density at radius 2 is 1.55 bits per heavy atom. The van der Waals surface area contributed by atoms with Crippen LogP contribution in [0.4, 0.5) is 11.4 Å². The molecule has 2 nitrogen and oxygen atoms in total. The number of ether oxygens (including phenoxy) is 1. The zero-order valence-corrected chi connectivity index (χ0v) is 14.9. The second kappa shape index (κ2) is 6.10. The molecule has 1 aliphatic heterocycles. The molecule has 5 heteroatoms. The summed E-state index contributed by atoms with van der Waals surface area (Å²) in [4.78, 5) is 4.85. The molecule has 0 bridgehead atoms. The van der Waals surface area contributed by atoms with Crippen LogP contribution in [0.1, 0.15) is 0 Å². The van der Waals surface area contributed by atoms with Crippen LogP contribution in [0.3, 0.4) is 0 Å². The van der Waals surface area contributed by atoms with Crippen LogP contribution < -0.4 is 4.90 Å². The van der Waals surface area contributed by atoms with Crippen LogP contribution in [0.2, 0.25) is 0 Å². The summed E-state index contributed by atoms with van der Waals surface area (Å²) in [6.45, 7) is 1.55. The van der Waals surface area contributed by atoms with Crippen LogP contribution in [-0.2, 0) is 4.74 Å². The Kier molecular flexibility index (Phi) is 4.40. The second-order valence-corrected chi connectivity index (χ2v) is 7.39. The standard InChI is InChI=1S/C15H13Br2NOS/c1-19-7-6-18-12-4-2-10(16)8-14(12)20-15-9-11(17)3-5-13(15)18/h2-5,8-9H,6-7H2,1H3. The van der Waals surface area contributed by atoms with Crippen molar-refractivity contribution in [1.82, 2.24) is 0 Å². The van der Waals surface area contributed by atoms with Crippen molar-refractivity contribution < 1.29 is 4.74 Å². The van der Waals surface area contributed by atoms with Crippen LogP contribution in [-0.4, -0.2) is 20.3 Å². The molecule has 0 fully saturated rings. The third kappa shape index (κ3) is 2.77. The van der Waals surface area contributed by atoms with E-state index >= 15 is 0 Å². The summed E-state index contributed by atoms with van der Waals surface area (Å²) in [7, 11) is 1.74. The normalized spacial score (nSPS) is 13.1. The number of methoxy groups -OCH3 is 1. The van der Waals surface area contributed by atoms with Gasteiger partial charge >= 0.3 is 0 Å². The average molecular weight is 415 g/mol. The molecule has 0 aromatic heterocycles. The molecule has 0 spiro atoms. The molecular formula is C15H13Br2NOS. The Bertz CT molecular complexity index is 596. The van der Waals surface area contributed by atoms with E-state index in [4.69, 9.17) is 4.74 Å². The number of anilines is 2. The van der Waals surface area contributed by atoms with Gasteiger partial charge < -0.3 is 9.64 Å². The molecule has 2 aromatic carbocycles. The number of fused-ring (bicyclic) bond motifs is 2. The van der Waals surface area contributed by atoms with Crippen LogP contribution in [0, 0.1) is 0 Å². The van der Waals surface area contributed by atoms with Gasteiger partial charge in [0, 0.05) is 32.4 Å². The minimum Gasteiger partial charge on any atom is -0.383 e. The number of nitrogens with zero attached hydrogens (tertiary/aromatic N) is 1. The van der Waals surface area contributed by atoms with E-state index in [2.05, 4.69) is 73.2 Å². The van der Waals surface area contributed by atoms with Crippen molar-refractivity contribution in [3.63, 3.8) is 0 Å². The van der Waals surface area contributed by atoms with Crippen LogP contribution >= 0.6 is 43.6 Å². The van der Waals surface area contributed by atoms with E-state index in [0.717, 1.165) is 15.5 Å². The number of halogens is 2. The molecule has 2 aromatic rings. The fraction of sp³-hybridized carbons (Fsp3) is 0.200. The maximum absolute atomic E-state index is 5.26. The number of hydrogen-bond donors (Lipinski definition) is 0. The quantitative estimate of drug-likeness (QED) is 0.661. The maximum atomic E-state index is 5.26. The molecule has 3 rings (SSSR count). The minimum atomic E-state index is 0.704. The lowest BCUT2D eigenvalue weighted by atomic mass is 10.2. The molecule has 0 atom stereocenters. The molecule has 0 amide bonds. The average Bonchev–Trinajstić information content (AvgIpc) is 2.43. The van der Waals surface area contributed by atoms with Gasteiger partial charge in [-0.05, 0) is 36.4 Å². The fourth-order valence-electron chi connectivity index (χ4n) is 2.26. The van der Waals surface area contributed by atoms with Crippen LogP contribution in [0.25, 0.3) is 0 Å². The van der Waals surface area contributed by atoms with Gasteiger partial charge in [0.25, 0.3) is 0 Å². The molecule has 1 heterocycles. The molecule has 1 aliphatic rings. The zero-order chi connectivity index (χ0) is 14.1. The van der Waals surface area contributed by atoms with Gasteiger partial charge in [-0.15, -0.1) is 0 Å². The number of rotatable bonds is 3. The molecule has 20 heavy (non-hydrogen) atoms. The summed E-state index contributed by atoms with van der Waals surface area (Å²) in [5.41, 5.74) is 2.48. The van der Waals surface area contributed by atoms with Crippen molar-refractivity contribution in [1.29, 1.82) is 0 Å². The molecule has 0 aliphatic carbocycles. The molecule has 0 saturated heterocycles. The highest BCUT2D eigenvalue weighted by Gasteiger charge is 2.23. The van der Waals surface area contributed by atoms with Gasteiger partial charge in [-0.2, -0.15) is 0 Å². The first-order valence-corrected chi connectivity index (χ1v) is 8.63. The van der Waals surface area contributed by atoms with E-state index in [-0.39, 0.29) is 0 Å². The molecular weight excluding hydrogens is 402 g/mol. The summed E-state index contributed by atoms with van der Waals surface area (Å²) in [6.07, 6.45) is 0. The largest absolute Gasteiger partial charge is 0.383 e. The molecule has 104 valence electrons. The lowest BCUT2D eigenvalue weighted by molar-refractivity contribution is 0.207. The van der Waals surface area contributed by atoms with E-state index in [0.29, 0.717) is 6.61 Å². The highest BCUT2D eigenvalue weighted by Crippen LogP contribution is 2.49. The summed E-state index contributed by atoms with van der Waals surface area (Å²) in [5.74, 6) is 0. The van der Waals surface area contributed by atoms with E-state index in [9.17, 15) is 0 Å². The van der Waals surface area contributed by atoms with Crippen LogP contribution in [0.15, 0.2) is 55.1 Å². The lowest BCUT2D eigenvalue weighted by Gasteiger charge is -2.32. The van der Waals surface area contributed by atoms with Gasteiger partial charge in [0.2, 0.25) is 0 Å². The van der Waals surface area contributed by atoms with Crippen molar-refractivity contribution in [2.75, 3.05) is 25.2 Å². The highest BCUT2D eigenvalue weighted by atomic mass is 79.9. The summed E-state index contributed by atoms with van der Waals surface area (Å²) < 4.78 is 7.47. The van der Waals surface area contributed by atoms with Gasteiger partial charge in [-0.25, -0.2) is 0 Å². The van der Waals surface area contributed by atoms with Crippen molar-refractivity contribution in [3.05, 3.63) is 45.3 Å². The fourth-order valence-corrected chi connectivity index (χ4v) is 4.46. The van der Waals surface area contributed by atoms with Gasteiger partial charge in [0.1, 0.15) is 0 Å². The predicted octanol–water partition coefficient (Wildman–Crippen LogP) is 5.46. The van der Waals surface area contributed by atoms with Crippen molar-refractivity contribution >= 4 is 55.0 Å². The Labute approximate surface area is 139 Å². The summed E-state index contributed by atoms with van der Waals surface area (Å²) in [5, 5.41) is 0. The lowest BCUT2D eigenvalue weighted by Crippen LogP contribution is -2.24. The topological polar surface area (TPSA) is 12.5 Å². The summed E-state index contributed by atoms with van der Waals surface area (Å²) in [6, 6.07) is 12.8. The minimum absolute atomic E-state index is 0.704. The van der Waals surface area contributed by atoms with Gasteiger partial charge in [0.15, 0.2) is 0 Å². The van der Waals surface area contributed by atoms with E-state index in [1.807, 2.05) is 0 Å². The zero-order valence-electron chi connectivity index (χ0n) is 10.9. The number of hydrogen-bond acceptors (Lipinski definition) is 3. The molecule has 0 radical (unpaired) electrons. The first kappa shape index (κ1) is 14.4. The van der Waals surface area contributed by atoms with E-state index in [1.54, 1.807) is 18.9 Å². The molecule has 0 saturated carbocycles. The first-order chi connectivity index (χ1) is 9.69. The Morgan fingerprint density at radius 1 is 1.00 bits per heavy atom. The second-order valence-electron chi connectivity index (χ2n) is 4.47. The Morgan fingerprint density at radius 3 is 2.05 bits per heavy atom. The monoisotopic (exact) mass is 413 g/mol. The van der Waals surface area contributed by atoms with Gasteiger partial charge in [-0.3, -0.25) is 0 Å². The highest BCUT2D eigenvalue weighted by molar-refractivity contribution is 9.10. The van der Waals surface area contributed by atoms with E-state index < -0.39 is 0 Å². The van der Waals surface area contributed by atoms with Crippen molar-refractivity contribution in [2.45, 2.75) is 9.79 Å². The SMILES string of the molecule is COCCN1c2ccc(Br)cc2Sc2cc(Br)ccc21. The third-order valence-electron chi connectivity index (χ3n) is 3.16. The molecule has 0 unspecified atom stereocenters. The van der Waals surface area contributed by atoms with Crippen molar-refractivity contribution in [3.8, 4) is 0 Å². The molecule has 0 N–H and O–H groups in total. The Balaban J connectivity index is 2.08. The first-order valence-electron chi connectivity index (χ1n) is 6.22. The smallest absolute Gasteiger partial charge is 0.0642 e. The Hall–Kier alpha value is -0.490. The maximum Gasteiger partial charge on any atom is 0.0642 e. The summed E-state index contributed by atoms with van der Waals surface area (Å²) >= 11 is 8.91.